The number of pyridine rings is 1. The highest BCUT2D eigenvalue weighted by Crippen LogP contribution is 2.22. The van der Waals surface area contributed by atoms with Crippen LogP contribution in [-0.2, 0) is 14.8 Å². The average molecular weight is 321 g/mol. The maximum Gasteiger partial charge on any atom is 0.242 e. The summed E-state index contributed by atoms with van der Waals surface area (Å²) in [5.41, 5.74) is 0. The standard InChI is InChI=1S/C11H17ClN4O3S/c1-3-14-11-9(12)6-8(7-15-11)20(18,19)16-5-4-10(17)13-2/h6-7,16H,3-5H2,1-2H3,(H,13,17)(H,14,15). The Balaban J connectivity index is 2.77. The van der Waals surface area contributed by atoms with Crippen LogP contribution in [0.5, 0.6) is 0 Å². The molecule has 9 heteroatoms. The van der Waals surface area contributed by atoms with Crippen LogP contribution in [0.25, 0.3) is 0 Å². The van der Waals surface area contributed by atoms with Gasteiger partial charge in [0.15, 0.2) is 0 Å². The van der Waals surface area contributed by atoms with E-state index in [0.717, 1.165) is 0 Å². The Kier molecular flexibility index (Phi) is 6.18. The molecule has 0 aromatic carbocycles. The fourth-order valence-corrected chi connectivity index (χ4v) is 2.67. The lowest BCUT2D eigenvalue weighted by Crippen LogP contribution is -2.29. The van der Waals surface area contributed by atoms with Crippen LogP contribution in [0, 0.1) is 0 Å². The number of carbonyl (C=O) groups is 1. The monoisotopic (exact) mass is 320 g/mol. The van der Waals surface area contributed by atoms with Gasteiger partial charge in [-0.2, -0.15) is 0 Å². The van der Waals surface area contributed by atoms with E-state index in [9.17, 15) is 13.2 Å². The van der Waals surface area contributed by atoms with Gasteiger partial charge >= 0.3 is 0 Å². The summed E-state index contributed by atoms with van der Waals surface area (Å²) in [5, 5.41) is 5.54. The van der Waals surface area contributed by atoms with Gasteiger partial charge in [-0.05, 0) is 13.0 Å². The van der Waals surface area contributed by atoms with E-state index >= 15 is 0 Å². The number of nitrogens with zero attached hydrogens (tertiary/aromatic N) is 1. The molecular formula is C11H17ClN4O3S. The van der Waals surface area contributed by atoms with Gasteiger partial charge in [0.1, 0.15) is 10.7 Å². The predicted molar refractivity (Wildman–Crippen MR) is 77.3 cm³/mol. The number of sulfonamides is 1. The quantitative estimate of drug-likeness (QED) is 0.682. The molecule has 7 nitrogen and oxygen atoms in total. The third-order valence-corrected chi connectivity index (χ3v) is 4.11. The van der Waals surface area contributed by atoms with E-state index in [2.05, 4.69) is 20.3 Å². The minimum Gasteiger partial charge on any atom is -0.369 e. The van der Waals surface area contributed by atoms with Crippen molar-refractivity contribution in [3.63, 3.8) is 0 Å². The van der Waals surface area contributed by atoms with Crippen molar-refractivity contribution in [2.45, 2.75) is 18.2 Å². The minimum atomic E-state index is -3.72. The molecule has 0 radical (unpaired) electrons. The summed E-state index contributed by atoms with van der Waals surface area (Å²) in [6.45, 7) is 2.51. The number of aromatic nitrogens is 1. The molecule has 0 bridgehead atoms. The number of carbonyl (C=O) groups excluding carboxylic acids is 1. The van der Waals surface area contributed by atoms with Crippen LogP contribution in [0.3, 0.4) is 0 Å². The van der Waals surface area contributed by atoms with Gasteiger partial charge in [0.25, 0.3) is 0 Å². The Hall–Kier alpha value is -1.38. The molecule has 0 unspecified atom stereocenters. The molecule has 1 amide bonds. The van der Waals surface area contributed by atoms with Gasteiger partial charge in [-0.15, -0.1) is 0 Å². The van der Waals surface area contributed by atoms with Crippen LogP contribution in [0.15, 0.2) is 17.2 Å². The highest BCUT2D eigenvalue weighted by molar-refractivity contribution is 7.89. The number of halogens is 1. The molecule has 0 saturated carbocycles. The average Bonchev–Trinajstić information content (AvgIpc) is 2.40. The Labute approximate surface area is 123 Å². The molecule has 1 aromatic heterocycles. The smallest absolute Gasteiger partial charge is 0.242 e. The molecular weight excluding hydrogens is 304 g/mol. The molecule has 0 atom stereocenters. The molecule has 0 saturated heterocycles. The van der Waals surface area contributed by atoms with Gasteiger partial charge in [0.05, 0.1) is 5.02 Å². The van der Waals surface area contributed by atoms with E-state index in [4.69, 9.17) is 11.6 Å². The number of amides is 1. The second-order valence-electron chi connectivity index (χ2n) is 3.85. The fourth-order valence-electron chi connectivity index (χ4n) is 1.37. The molecule has 0 fully saturated rings. The first-order valence-corrected chi connectivity index (χ1v) is 7.86. The normalized spacial score (nSPS) is 11.2. The highest BCUT2D eigenvalue weighted by atomic mass is 35.5. The van der Waals surface area contributed by atoms with E-state index in [1.165, 1.54) is 19.3 Å². The molecule has 1 heterocycles. The molecule has 0 aliphatic heterocycles. The summed E-state index contributed by atoms with van der Waals surface area (Å²) in [4.78, 5) is 14.9. The summed E-state index contributed by atoms with van der Waals surface area (Å²) in [5.74, 6) is 0.185. The maximum absolute atomic E-state index is 12.0. The Bertz CT molecular complexity index is 577. The predicted octanol–water partition coefficient (Wildman–Crippen LogP) is 0.581. The van der Waals surface area contributed by atoms with Crippen LogP contribution < -0.4 is 15.4 Å². The summed E-state index contributed by atoms with van der Waals surface area (Å²) < 4.78 is 26.2. The molecule has 3 N–H and O–H groups in total. The van der Waals surface area contributed by atoms with Gasteiger partial charge in [-0.25, -0.2) is 18.1 Å². The zero-order chi connectivity index (χ0) is 15.2. The Morgan fingerprint density at radius 3 is 2.70 bits per heavy atom. The second kappa shape index (κ2) is 7.41. The van der Waals surface area contributed by atoms with Crippen LogP contribution in [0.2, 0.25) is 5.02 Å². The Morgan fingerprint density at radius 2 is 2.15 bits per heavy atom. The molecule has 20 heavy (non-hydrogen) atoms. The fraction of sp³-hybridized carbons (Fsp3) is 0.455. The van der Waals surface area contributed by atoms with Gasteiger partial charge in [-0.3, -0.25) is 4.79 Å². The number of nitrogens with one attached hydrogen (secondary N) is 3. The van der Waals surface area contributed by atoms with E-state index in [0.29, 0.717) is 12.4 Å². The molecule has 1 aromatic rings. The molecule has 0 spiro atoms. The summed E-state index contributed by atoms with van der Waals surface area (Å²) in [7, 11) is -2.24. The van der Waals surface area contributed by atoms with Gasteiger partial charge < -0.3 is 10.6 Å². The number of rotatable bonds is 7. The van der Waals surface area contributed by atoms with Crippen molar-refractivity contribution in [2.75, 3.05) is 25.5 Å². The SMILES string of the molecule is CCNc1ncc(S(=O)(=O)NCCC(=O)NC)cc1Cl. The van der Waals surface area contributed by atoms with Crippen LogP contribution in [0.4, 0.5) is 5.82 Å². The van der Waals surface area contributed by atoms with E-state index < -0.39 is 10.0 Å². The zero-order valence-electron chi connectivity index (χ0n) is 11.2. The largest absolute Gasteiger partial charge is 0.369 e. The van der Waals surface area contributed by atoms with E-state index in [1.807, 2.05) is 6.92 Å². The maximum atomic E-state index is 12.0. The van der Waals surface area contributed by atoms with Crippen LogP contribution >= 0.6 is 11.6 Å². The van der Waals surface area contributed by atoms with Gasteiger partial charge in [0, 0.05) is 32.8 Å². The van der Waals surface area contributed by atoms with Crippen molar-refractivity contribution in [1.29, 1.82) is 0 Å². The van der Waals surface area contributed by atoms with E-state index in [-0.39, 0.29) is 28.8 Å². The zero-order valence-corrected chi connectivity index (χ0v) is 12.8. The first-order valence-electron chi connectivity index (χ1n) is 6.00. The third kappa shape index (κ3) is 4.62. The van der Waals surface area contributed by atoms with E-state index in [1.54, 1.807) is 0 Å². The molecule has 0 aliphatic rings. The number of hydrogen-bond donors (Lipinski definition) is 3. The summed E-state index contributed by atoms with van der Waals surface area (Å²) in [6, 6.07) is 1.31. The topological polar surface area (TPSA) is 100 Å². The van der Waals surface area contributed by atoms with Crippen molar-refractivity contribution in [3.05, 3.63) is 17.3 Å². The van der Waals surface area contributed by atoms with Gasteiger partial charge in [0.2, 0.25) is 15.9 Å². The first-order chi connectivity index (χ1) is 9.40. The second-order valence-corrected chi connectivity index (χ2v) is 6.03. The van der Waals surface area contributed by atoms with Crippen molar-refractivity contribution in [3.8, 4) is 0 Å². The molecule has 1 rings (SSSR count). The molecule has 112 valence electrons. The summed E-state index contributed by atoms with van der Waals surface area (Å²) in [6.07, 6.45) is 1.28. The lowest BCUT2D eigenvalue weighted by molar-refractivity contribution is -0.120. The summed E-state index contributed by atoms with van der Waals surface area (Å²) >= 11 is 5.94. The number of anilines is 1. The highest BCUT2D eigenvalue weighted by Gasteiger charge is 2.16. The third-order valence-electron chi connectivity index (χ3n) is 2.39. The van der Waals surface area contributed by atoms with Crippen LogP contribution in [-0.4, -0.2) is 39.4 Å². The van der Waals surface area contributed by atoms with Gasteiger partial charge in [-0.1, -0.05) is 11.6 Å². The van der Waals surface area contributed by atoms with Crippen molar-refractivity contribution in [2.24, 2.45) is 0 Å². The lowest BCUT2D eigenvalue weighted by atomic mass is 10.4. The lowest BCUT2D eigenvalue weighted by Gasteiger charge is -2.09. The minimum absolute atomic E-state index is 0.00852. The van der Waals surface area contributed by atoms with Crippen molar-refractivity contribution in [1.82, 2.24) is 15.0 Å². The van der Waals surface area contributed by atoms with Crippen LogP contribution in [0.1, 0.15) is 13.3 Å². The van der Waals surface area contributed by atoms with Crippen molar-refractivity contribution < 1.29 is 13.2 Å². The number of hydrogen-bond acceptors (Lipinski definition) is 5. The van der Waals surface area contributed by atoms with Crippen molar-refractivity contribution >= 4 is 33.3 Å². The Morgan fingerprint density at radius 1 is 1.45 bits per heavy atom. The first kappa shape index (κ1) is 16.7. The molecule has 0 aliphatic carbocycles.